The van der Waals surface area contributed by atoms with E-state index in [0.717, 1.165) is 16.7 Å². The topological polar surface area (TPSA) is 35.9 Å². The van der Waals surface area contributed by atoms with Crippen LogP contribution in [0.2, 0.25) is 5.02 Å². The molecule has 0 atom stereocenters. The van der Waals surface area contributed by atoms with Crippen molar-refractivity contribution in [2.75, 3.05) is 0 Å². The van der Waals surface area contributed by atoms with Gasteiger partial charge in [-0.1, -0.05) is 90.5 Å². The highest BCUT2D eigenvalue weighted by molar-refractivity contribution is 6.31. The summed E-state index contributed by atoms with van der Waals surface area (Å²) in [6, 6.07) is 28.3. The fourth-order valence-corrected chi connectivity index (χ4v) is 3.36. The molecule has 2 N–H and O–H groups in total. The van der Waals surface area contributed by atoms with Gasteiger partial charge in [0.15, 0.2) is 0 Å². The van der Waals surface area contributed by atoms with Gasteiger partial charge in [0, 0.05) is 16.8 Å². The Labute approximate surface area is 153 Å². The number of halogens is 1. The van der Waals surface area contributed by atoms with Crippen LogP contribution in [-0.2, 0) is 5.54 Å². The minimum absolute atomic E-state index is 0.652. The Bertz CT molecular complexity index is 818. The highest BCUT2D eigenvalue weighted by Gasteiger charge is 2.36. The van der Waals surface area contributed by atoms with E-state index in [1.165, 1.54) is 6.21 Å². The van der Waals surface area contributed by atoms with Crippen molar-refractivity contribution >= 4 is 17.8 Å². The molecule has 0 aliphatic rings. The van der Waals surface area contributed by atoms with Crippen molar-refractivity contribution in [2.24, 2.45) is 0 Å². The lowest BCUT2D eigenvalue weighted by atomic mass is 9.77. The first-order valence-corrected chi connectivity index (χ1v) is 8.46. The lowest BCUT2D eigenvalue weighted by Crippen LogP contribution is -2.42. The molecule has 0 aliphatic carbocycles. The van der Waals surface area contributed by atoms with Crippen LogP contribution < -0.4 is 5.32 Å². The highest BCUT2D eigenvalue weighted by atomic mass is 35.5. The van der Waals surface area contributed by atoms with Crippen LogP contribution in [0.1, 0.15) is 16.7 Å². The Morgan fingerprint density at radius 3 is 1.80 bits per heavy atom. The Hall–Kier alpha value is -2.84. The third kappa shape index (κ3) is 3.35. The van der Waals surface area contributed by atoms with E-state index in [-0.39, 0.29) is 0 Å². The quantitative estimate of drug-likeness (QED) is 0.456. The van der Waals surface area contributed by atoms with Crippen LogP contribution in [0.3, 0.4) is 0 Å². The molecule has 0 heterocycles. The van der Waals surface area contributed by atoms with Gasteiger partial charge in [-0.3, -0.25) is 0 Å². The number of hydrogen-bond acceptors (Lipinski definition) is 2. The first kappa shape index (κ1) is 17.0. The van der Waals surface area contributed by atoms with E-state index in [4.69, 9.17) is 17.0 Å². The van der Waals surface area contributed by atoms with E-state index in [0.29, 0.717) is 5.02 Å². The van der Waals surface area contributed by atoms with E-state index in [1.54, 1.807) is 12.3 Å². The van der Waals surface area contributed by atoms with Gasteiger partial charge in [0.25, 0.3) is 0 Å². The molecule has 0 aliphatic heterocycles. The SMILES string of the molecule is N=C/C=C\NC(c1ccccc1)(c1ccccc1)c1ccccc1Cl. The number of rotatable bonds is 6. The lowest BCUT2D eigenvalue weighted by molar-refractivity contribution is 0.551. The summed E-state index contributed by atoms with van der Waals surface area (Å²) in [5.74, 6) is 0. The average molecular weight is 347 g/mol. The van der Waals surface area contributed by atoms with Gasteiger partial charge in [-0.2, -0.15) is 0 Å². The Morgan fingerprint density at radius 1 is 0.760 bits per heavy atom. The monoisotopic (exact) mass is 346 g/mol. The van der Waals surface area contributed by atoms with Crippen LogP contribution in [0.25, 0.3) is 0 Å². The van der Waals surface area contributed by atoms with Gasteiger partial charge in [0.1, 0.15) is 5.54 Å². The maximum Gasteiger partial charge on any atom is 0.115 e. The summed E-state index contributed by atoms with van der Waals surface area (Å²) in [7, 11) is 0. The van der Waals surface area contributed by atoms with Crippen LogP contribution in [0.15, 0.2) is 97.2 Å². The number of hydrogen-bond donors (Lipinski definition) is 2. The van der Waals surface area contributed by atoms with Crippen molar-refractivity contribution in [1.29, 1.82) is 5.41 Å². The normalized spacial score (nSPS) is 11.4. The fraction of sp³-hybridized carbons (Fsp3) is 0.0455. The maximum absolute atomic E-state index is 7.29. The molecule has 3 aromatic rings. The molecule has 0 amide bonds. The molecule has 0 bridgehead atoms. The van der Waals surface area contributed by atoms with Crippen molar-refractivity contribution in [1.82, 2.24) is 5.32 Å². The molecule has 0 saturated heterocycles. The minimum atomic E-state index is -0.652. The van der Waals surface area contributed by atoms with Gasteiger partial charge >= 0.3 is 0 Å². The van der Waals surface area contributed by atoms with Crippen LogP contribution in [-0.4, -0.2) is 6.21 Å². The third-order valence-corrected chi connectivity index (χ3v) is 4.51. The van der Waals surface area contributed by atoms with Gasteiger partial charge < -0.3 is 10.7 Å². The summed E-state index contributed by atoms with van der Waals surface area (Å²) in [6.07, 6.45) is 4.70. The molecule has 0 spiro atoms. The highest BCUT2D eigenvalue weighted by Crippen LogP contribution is 2.40. The van der Waals surface area contributed by atoms with Gasteiger partial charge in [0.2, 0.25) is 0 Å². The van der Waals surface area contributed by atoms with Gasteiger partial charge in [-0.15, -0.1) is 0 Å². The zero-order chi connectivity index (χ0) is 17.5. The standard InChI is InChI=1S/C22H19ClN2/c23-21-15-8-7-14-20(21)22(25-17-9-16-24,18-10-3-1-4-11-18)19-12-5-2-6-13-19/h1-17,24-25H/b17-9-,24-16?. The second kappa shape index (κ2) is 7.82. The smallest absolute Gasteiger partial charge is 0.115 e. The fourth-order valence-electron chi connectivity index (χ4n) is 3.08. The van der Waals surface area contributed by atoms with Crippen molar-refractivity contribution in [3.05, 3.63) is 119 Å². The molecule has 0 saturated carbocycles. The second-order valence-corrected chi connectivity index (χ2v) is 6.04. The zero-order valence-electron chi connectivity index (χ0n) is 13.7. The van der Waals surface area contributed by atoms with Crippen LogP contribution in [0.4, 0.5) is 0 Å². The summed E-state index contributed by atoms with van der Waals surface area (Å²) in [5, 5.41) is 11.5. The van der Waals surface area contributed by atoms with Crippen molar-refractivity contribution in [2.45, 2.75) is 5.54 Å². The predicted octanol–water partition coefficient (Wildman–Crippen LogP) is 5.38. The predicted molar refractivity (Wildman–Crippen MR) is 105 cm³/mol. The average Bonchev–Trinajstić information content (AvgIpc) is 2.68. The van der Waals surface area contributed by atoms with Crippen LogP contribution in [0, 0.1) is 5.41 Å². The summed E-state index contributed by atoms with van der Waals surface area (Å²) in [4.78, 5) is 0. The van der Waals surface area contributed by atoms with Crippen molar-refractivity contribution in [3.8, 4) is 0 Å². The molecule has 25 heavy (non-hydrogen) atoms. The van der Waals surface area contributed by atoms with Gasteiger partial charge in [-0.05, 0) is 29.5 Å². The zero-order valence-corrected chi connectivity index (χ0v) is 14.4. The third-order valence-electron chi connectivity index (χ3n) is 4.18. The van der Waals surface area contributed by atoms with Crippen LogP contribution >= 0.6 is 11.6 Å². The largest absolute Gasteiger partial charge is 0.374 e. The maximum atomic E-state index is 7.29. The number of allylic oxidation sites excluding steroid dienone is 1. The molecule has 2 nitrogen and oxygen atoms in total. The number of benzene rings is 3. The summed E-state index contributed by atoms with van der Waals surface area (Å²) in [5.41, 5.74) is 2.46. The summed E-state index contributed by atoms with van der Waals surface area (Å²) < 4.78 is 0. The summed E-state index contributed by atoms with van der Waals surface area (Å²) >= 11 is 6.61. The Balaban J connectivity index is 2.33. The molecular weight excluding hydrogens is 328 g/mol. The second-order valence-electron chi connectivity index (χ2n) is 5.63. The van der Waals surface area contributed by atoms with E-state index < -0.39 is 5.54 Å². The van der Waals surface area contributed by atoms with E-state index in [1.807, 2.05) is 60.7 Å². The molecule has 0 aromatic heterocycles. The van der Waals surface area contributed by atoms with Gasteiger partial charge in [0.05, 0.1) is 0 Å². The summed E-state index contributed by atoms with van der Waals surface area (Å²) in [6.45, 7) is 0. The molecule has 3 heteroatoms. The molecule has 0 unspecified atom stereocenters. The molecule has 0 fully saturated rings. The molecule has 3 rings (SSSR count). The van der Waals surface area contributed by atoms with E-state index in [2.05, 4.69) is 29.6 Å². The number of nitrogens with one attached hydrogen (secondary N) is 2. The molecule has 124 valence electrons. The molecule has 3 aromatic carbocycles. The lowest BCUT2D eigenvalue weighted by Gasteiger charge is -2.37. The molecule has 0 radical (unpaired) electrons. The van der Waals surface area contributed by atoms with Crippen molar-refractivity contribution in [3.63, 3.8) is 0 Å². The van der Waals surface area contributed by atoms with Crippen molar-refractivity contribution < 1.29 is 0 Å². The van der Waals surface area contributed by atoms with E-state index in [9.17, 15) is 0 Å². The Morgan fingerprint density at radius 2 is 1.28 bits per heavy atom. The van der Waals surface area contributed by atoms with Gasteiger partial charge in [-0.25, -0.2) is 0 Å². The molecular formula is C22H19ClN2. The minimum Gasteiger partial charge on any atom is -0.374 e. The van der Waals surface area contributed by atoms with E-state index >= 15 is 0 Å². The first-order valence-electron chi connectivity index (χ1n) is 8.08. The Kier molecular flexibility index (Phi) is 5.32. The first-order chi connectivity index (χ1) is 12.3. The van der Waals surface area contributed by atoms with Crippen LogP contribution in [0.5, 0.6) is 0 Å².